The molecule has 0 heterocycles. The number of rotatable bonds is 14. The highest BCUT2D eigenvalue weighted by Gasteiger charge is 2.39. The Labute approximate surface area is 175 Å². The third-order valence-electron chi connectivity index (χ3n) is 5.40. The second-order valence-corrected chi connectivity index (χ2v) is 8.12. The van der Waals surface area contributed by atoms with E-state index in [4.69, 9.17) is 5.11 Å². The summed E-state index contributed by atoms with van der Waals surface area (Å²) in [5.74, 6) is -0.515. The molecule has 6 heteroatoms. The maximum absolute atomic E-state index is 12.2. The number of nitrogens with one attached hydrogen (secondary N) is 1. The lowest BCUT2D eigenvalue weighted by molar-refractivity contribution is -0.122. The van der Waals surface area contributed by atoms with Gasteiger partial charge in [-0.3, -0.25) is 9.59 Å². The fourth-order valence-corrected chi connectivity index (χ4v) is 3.62. The zero-order valence-electron chi connectivity index (χ0n) is 17.9. The zero-order chi connectivity index (χ0) is 21.6. The lowest BCUT2D eigenvalue weighted by atomic mass is 9.90. The molecule has 0 bridgehead atoms. The van der Waals surface area contributed by atoms with Crippen LogP contribution >= 0.6 is 0 Å². The van der Waals surface area contributed by atoms with Crippen LogP contribution in [0, 0.1) is 11.8 Å². The molecular weight excluding hydrogens is 370 g/mol. The van der Waals surface area contributed by atoms with Gasteiger partial charge in [-0.25, -0.2) is 0 Å². The molecule has 4 N–H and O–H groups in total. The minimum Gasteiger partial charge on any atom is -0.394 e. The Hall–Kier alpha value is -1.50. The lowest BCUT2D eigenvalue weighted by Gasteiger charge is -2.16. The van der Waals surface area contributed by atoms with Gasteiger partial charge in [0.15, 0.2) is 0 Å². The standard InChI is InChI=1S/C23H39NO5/c1-3-4-7-10-18(26)13-14-20-19(21(27)15-22(20)28)11-8-5-6-9-12-23(29)24-17(2)16-25/h5,8,13-14,17-20,22,25-26,28H,3-4,6-7,9-12,15-16H2,1-2H3,(H,24,29)/b8-5-,14-13+/t17-,18-,19+,20+,22+/m0/s1. The van der Waals surface area contributed by atoms with E-state index in [2.05, 4.69) is 12.2 Å². The number of carbonyl (C=O) groups is 2. The molecule has 0 radical (unpaired) electrons. The van der Waals surface area contributed by atoms with Crippen molar-refractivity contribution in [2.45, 2.75) is 89.9 Å². The summed E-state index contributed by atoms with van der Waals surface area (Å²) >= 11 is 0. The van der Waals surface area contributed by atoms with Crippen LogP contribution in [0.25, 0.3) is 0 Å². The highest BCUT2D eigenvalue weighted by molar-refractivity contribution is 5.84. The van der Waals surface area contributed by atoms with Crippen molar-refractivity contribution in [3.63, 3.8) is 0 Å². The molecule has 0 aromatic carbocycles. The van der Waals surface area contributed by atoms with E-state index in [-0.39, 0.29) is 42.6 Å². The summed E-state index contributed by atoms with van der Waals surface area (Å²) in [4.78, 5) is 23.9. The van der Waals surface area contributed by atoms with Crippen molar-refractivity contribution < 1.29 is 24.9 Å². The molecule has 6 nitrogen and oxygen atoms in total. The van der Waals surface area contributed by atoms with Crippen molar-refractivity contribution in [3.05, 3.63) is 24.3 Å². The molecule has 166 valence electrons. The fourth-order valence-electron chi connectivity index (χ4n) is 3.62. The van der Waals surface area contributed by atoms with Gasteiger partial charge in [0.1, 0.15) is 5.78 Å². The van der Waals surface area contributed by atoms with Crippen molar-refractivity contribution in [1.82, 2.24) is 5.32 Å². The number of hydrogen-bond acceptors (Lipinski definition) is 5. The summed E-state index contributed by atoms with van der Waals surface area (Å²) < 4.78 is 0. The molecule has 29 heavy (non-hydrogen) atoms. The smallest absolute Gasteiger partial charge is 0.220 e. The third-order valence-corrected chi connectivity index (χ3v) is 5.40. The van der Waals surface area contributed by atoms with E-state index in [0.29, 0.717) is 25.7 Å². The first-order valence-electron chi connectivity index (χ1n) is 11.0. The number of aliphatic hydroxyl groups excluding tert-OH is 3. The summed E-state index contributed by atoms with van der Waals surface area (Å²) in [6.07, 6.45) is 12.7. The van der Waals surface area contributed by atoms with Crippen molar-refractivity contribution in [1.29, 1.82) is 0 Å². The predicted molar refractivity (Wildman–Crippen MR) is 114 cm³/mol. The molecular formula is C23H39NO5. The summed E-state index contributed by atoms with van der Waals surface area (Å²) in [7, 11) is 0. The van der Waals surface area contributed by atoms with Gasteiger partial charge in [0, 0.05) is 30.7 Å². The average molecular weight is 410 g/mol. The Kier molecular flexibility index (Phi) is 12.7. The minimum atomic E-state index is -0.683. The monoisotopic (exact) mass is 409 g/mol. The Morgan fingerprint density at radius 1 is 1.28 bits per heavy atom. The largest absolute Gasteiger partial charge is 0.394 e. The van der Waals surface area contributed by atoms with E-state index < -0.39 is 12.2 Å². The van der Waals surface area contributed by atoms with Crippen LogP contribution in [0.5, 0.6) is 0 Å². The number of aliphatic hydroxyl groups is 3. The number of carbonyl (C=O) groups excluding carboxylic acids is 2. The summed E-state index contributed by atoms with van der Waals surface area (Å²) in [5, 5.41) is 31.9. The molecule has 0 aliphatic heterocycles. The topological polar surface area (TPSA) is 107 Å². The van der Waals surface area contributed by atoms with Crippen molar-refractivity contribution in [2.24, 2.45) is 11.8 Å². The summed E-state index contributed by atoms with van der Waals surface area (Å²) in [6, 6.07) is -0.229. The molecule has 0 aromatic rings. The molecule has 1 saturated carbocycles. The van der Waals surface area contributed by atoms with Gasteiger partial charge in [-0.2, -0.15) is 0 Å². The zero-order valence-corrected chi connectivity index (χ0v) is 17.9. The van der Waals surface area contributed by atoms with E-state index in [1.54, 1.807) is 13.0 Å². The van der Waals surface area contributed by atoms with E-state index in [9.17, 15) is 19.8 Å². The quantitative estimate of drug-likeness (QED) is 0.261. The second-order valence-electron chi connectivity index (χ2n) is 8.12. The van der Waals surface area contributed by atoms with Crippen LogP contribution in [-0.2, 0) is 9.59 Å². The van der Waals surface area contributed by atoms with Gasteiger partial charge in [0.2, 0.25) is 5.91 Å². The minimum absolute atomic E-state index is 0.0645. The SMILES string of the molecule is CCCCC[C@H](O)/C=C/[C@H]1[C@H](O)CC(=O)[C@@H]1C/C=C\CCCC(=O)N[C@@H](C)CO. The normalized spacial score (nSPS) is 24.4. The van der Waals surface area contributed by atoms with E-state index in [1.165, 1.54) is 0 Å². The Morgan fingerprint density at radius 3 is 2.72 bits per heavy atom. The number of allylic oxidation sites excluding steroid dienone is 2. The van der Waals surface area contributed by atoms with E-state index >= 15 is 0 Å². The lowest BCUT2D eigenvalue weighted by Crippen LogP contribution is -2.34. The van der Waals surface area contributed by atoms with E-state index in [1.807, 2.05) is 18.2 Å². The van der Waals surface area contributed by atoms with Gasteiger partial charge in [-0.15, -0.1) is 0 Å². The number of ketones is 1. The second kappa shape index (κ2) is 14.5. The first-order valence-corrected chi connectivity index (χ1v) is 11.0. The van der Waals surface area contributed by atoms with Crippen LogP contribution in [0.4, 0.5) is 0 Å². The van der Waals surface area contributed by atoms with Crippen LogP contribution in [0.1, 0.15) is 71.6 Å². The maximum Gasteiger partial charge on any atom is 0.220 e. The fraction of sp³-hybridized carbons (Fsp3) is 0.739. The van der Waals surface area contributed by atoms with Gasteiger partial charge >= 0.3 is 0 Å². The number of Topliss-reactive ketones (excluding diaryl/α,β-unsaturated/α-hetero) is 1. The average Bonchev–Trinajstić information content (AvgIpc) is 2.95. The molecule has 0 saturated heterocycles. The van der Waals surface area contributed by atoms with Crippen LogP contribution in [0.2, 0.25) is 0 Å². The molecule has 1 fully saturated rings. The molecule has 0 unspecified atom stereocenters. The van der Waals surface area contributed by atoms with Crippen molar-refractivity contribution in [3.8, 4) is 0 Å². The van der Waals surface area contributed by atoms with Crippen LogP contribution < -0.4 is 5.32 Å². The summed E-state index contributed by atoms with van der Waals surface area (Å²) in [6.45, 7) is 3.80. The molecule has 1 aliphatic carbocycles. The predicted octanol–water partition coefficient (Wildman–Crippen LogP) is 2.66. The van der Waals surface area contributed by atoms with Crippen LogP contribution in [0.15, 0.2) is 24.3 Å². The highest BCUT2D eigenvalue weighted by Crippen LogP contribution is 2.33. The van der Waals surface area contributed by atoms with Gasteiger partial charge in [0.05, 0.1) is 18.8 Å². The molecule has 5 atom stereocenters. The number of amides is 1. The van der Waals surface area contributed by atoms with Gasteiger partial charge in [0.25, 0.3) is 0 Å². The van der Waals surface area contributed by atoms with E-state index in [0.717, 1.165) is 25.7 Å². The Balaban J connectivity index is 2.40. The first kappa shape index (κ1) is 25.5. The van der Waals surface area contributed by atoms with Gasteiger partial charge < -0.3 is 20.6 Å². The molecule has 1 aliphatic rings. The molecule has 0 spiro atoms. The van der Waals surface area contributed by atoms with Crippen LogP contribution in [0.3, 0.4) is 0 Å². The Bertz CT molecular complexity index is 545. The summed E-state index contributed by atoms with van der Waals surface area (Å²) in [5.41, 5.74) is 0. The number of unbranched alkanes of at least 4 members (excludes halogenated alkanes) is 3. The van der Waals surface area contributed by atoms with Crippen LogP contribution in [-0.4, -0.2) is 51.9 Å². The maximum atomic E-state index is 12.2. The first-order chi connectivity index (χ1) is 13.9. The third kappa shape index (κ3) is 10.2. The highest BCUT2D eigenvalue weighted by atomic mass is 16.3. The molecule has 0 aromatic heterocycles. The van der Waals surface area contributed by atoms with Crippen molar-refractivity contribution >= 4 is 11.7 Å². The molecule has 1 rings (SSSR count). The van der Waals surface area contributed by atoms with Crippen molar-refractivity contribution in [2.75, 3.05) is 6.61 Å². The Morgan fingerprint density at radius 2 is 2.03 bits per heavy atom. The van der Waals surface area contributed by atoms with Gasteiger partial charge in [-0.05, 0) is 32.6 Å². The number of hydrogen-bond donors (Lipinski definition) is 4. The van der Waals surface area contributed by atoms with Gasteiger partial charge in [-0.1, -0.05) is 50.5 Å². The molecule has 1 amide bonds.